The summed E-state index contributed by atoms with van der Waals surface area (Å²) in [6, 6.07) is 57.9. The van der Waals surface area contributed by atoms with E-state index in [9.17, 15) is 43.2 Å². The maximum Gasteiger partial charge on any atom is 0.244 e. The Morgan fingerprint density at radius 1 is 0.381 bits per heavy atom. The second-order valence-corrected chi connectivity index (χ2v) is 34.9. The van der Waals surface area contributed by atoms with E-state index in [0.29, 0.717) is 151 Å². The first-order chi connectivity index (χ1) is 64.5. The highest BCUT2D eigenvalue weighted by Gasteiger charge is 2.41. The normalized spacial score (nSPS) is 18.0. The molecule has 134 heavy (non-hydrogen) atoms. The van der Waals surface area contributed by atoms with Crippen molar-refractivity contribution in [3.05, 3.63) is 255 Å². The summed E-state index contributed by atoms with van der Waals surface area (Å²) < 4.78 is 0. The molecule has 0 radical (unpaired) electrons. The first-order valence-corrected chi connectivity index (χ1v) is 46.4. The van der Waals surface area contributed by atoms with Gasteiger partial charge < -0.3 is 108 Å². The molecule has 3 saturated heterocycles. The van der Waals surface area contributed by atoms with E-state index in [1.807, 2.05) is 146 Å². The molecule has 3 aliphatic heterocycles. The average Bonchev–Trinajstić information content (AvgIpc) is 1.21. The van der Waals surface area contributed by atoms with Crippen LogP contribution in [0.3, 0.4) is 0 Å². The summed E-state index contributed by atoms with van der Waals surface area (Å²) in [4.78, 5) is 137. The van der Waals surface area contributed by atoms with E-state index in [1.165, 1.54) is 6.08 Å². The Balaban J connectivity index is 0.000000208. The molecule has 3 aliphatic rings. The lowest BCUT2D eigenvalue weighted by Crippen LogP contribution is -2.54. The molecular formula is C99H126Cl3N23O9. The number of aliphatic imine (C=N–C) groups is 3. The van der Waals surface area contributed by atoms with Crippen molar-refractivity contribution < 1.29 is 43.2 Å². The lowest BCUT2D eigenvalue weighted by atomic mass is 9.99. The summed E-state index contributed by atoms with van der Waals surface area (Å²) in [7, 11) is 4.74. The molecule has 32 nitrogen and oxygen atoms in total. The van der Waals surface area contributed by atoms with Crippen LogP contribution in [0.4, 0.5) is 0 Å². The van der Waals surface area contributed by atoms with Crippen molar-refractivity contribution in [1.29, 1.82) is 0 Å². The zero-order chi connectivity index (χ0) is 96.2. The van der Waals surface area contributed by atoms with Crippen LogP contribution in [0.15, 0.2) is 221 Å². The number of nitrogens with two attached hydrogens (primary N) is 8. The zero-order valence-electron chi connectivity index (χ0n) is 75.9. The minimum Gasteiger partial charge on any atom is -0.370 e. The number of fused-ring (bicyclic) bond motifs is 3. The van der Waals surface area contributed by atoms with E-state index in [0.717, 1.165) is 65.7 Å². The molecule has 9 amide bonds. The summed E-state index contributed by atoms with van der Waals surface area (Å²) in [6.07, 6.45) is 9.61. The number of nitrogens with zero attached hydrogens (tertiary/aromatic N) is 6. The quantitative estimate of drug-likeness (QED) is 0.00984. The van der Waals surface area contributed by atoms with Gasteiger partial charge in [0.25, 0.3) is 0 Å². The fraction of sp³-hybridized carbons (Fsp3) is 0.374. The summed E-state index contributed by atoms with van der Waals surface area (Å²) in [5, 5.41) is 35.7. The first-order valence-electron chi connectivity index (χ1n) is 45.2. The Bertz CT molecular complexity index is 5340. The lowest BCUT2D eigenvalue weighted by molar-refractivity contribution is -0.141. The van der Waals surface area contributed by atoms with Gasteiger partial charge in [0.2, 0.25) is 53.2 Å². The molecule has 9 aromatic carbocycles. The molecule has 35 heteroatoms. The molecule has 0 saturated carbocycles. The molecule has 11 atom stereocenters. The third-order valence-corrected chi connectivity index (χ3v) is 24.6. The third-order valence-electron chi connectivity index (χ3n) is 23.8. The number of hydrogen-bond donors (Lipinski definition) is 17. The molecular weight excluding hydrogens is 1760 g/mol. The molecule has 0 bridgehead atoms. The van der Waals surface area contributed by atoms with Crippen LogP contribution in [-0.4, -0.2) is 232 Å². The molecule has 0 aromatic heterocycles. The van der Waals surface area contributed by atoms with Gasteiger partial charge in [-0.15, -0.1) is 0 Å². The van der Waals surface area contributed by atoms with Crippen LogP contribution in [-0.2, 0) is 75.3 Å². The molecule has 3 fully saturated rings. The number of rotatable bonds is 38. The largest absolute Gasteiger partial charge is 0.370 e. The molecule has 25 N–H and O–H groups in total. The summed E-state index contributed by atoms with van der Waals surface area (Å²) in [6.45, 7) is 2.98. The highest BCUT2D eigenvalue weighted by atomic mass is 35.5. The Labute approximate surface area is 797 Å². The second-order valence-electron chi connectivity index (χ2n) is 33.6. The Morgan fingerprint density at radius 3 is 0.963 bits per heavy atom. The molecule has 0 aliphatic carbocycles. The van der Waals surface area contributed by atoms with E-state index in [4.69, 9.17) is 80.7 Å². The van der Waals surface area contributed by atoms with Crippen molar-refractivity contribution in [1.82, 2.24) is 62.6 Å². The maximum absolute atomic E-state index is 14.0. The van der Waals surface area contributed by atoms with E-state index >= 15 is 0 Å². The lowest BCUT2D eigenvalue weighted by Gasteiger charge is -2.31. The van der Waals surface area contributed by atoms with Crippen LogP contribution >= 0.6 is 34.8 Å². The van der Waals surface area contributed by atoms with Gasteiger partial charge in [0.15, 0.2) is 17.9 Å². The number of hydrogen-bond acceptors (Lipinski definition) is 17. The van der Waals surface area contributed by atoms with Crippen molar-refractivity contribution >= 4 is 144 Å². The van der Waals surface area contributed by atoms with Crippen molar-refractivity contribution in [2.75, 3.05) is 80.0 Å². The van der Waals surface area contributed by atoms with Crippen LogP contribution in [0.2, 0.25) is 15.1 Å². The fourth-order valence-corrected chi connectivity index (χ4v) is 17.0. The Hall–Kier alpha value is -12.8. The first kappa shape index (κ1) is 103. The van der Waals surface area contributed by atoms with Gasteiger partial charge >= 0.3 is 0 Å². The van der Waals surface area contributed by atoms with E-state index in [1.54, 1.807) is 78.3 Å². The van der Waals surface area contributed by atoms with Crippen molar-refractivity contribution in [3.63, 3.8) is 0 Å². The monoisotopic (exact) mass is 1890 g/mol. The van der Waals surface area contributed by atoms with Gasteiger partial charge in [-0.1, -0.05) is 199 Å². The number of nitrogens with one attached hydrogen (secondary N) is 9. The number of carbonyl (C=O) groups is 9. The Morgan fingerprint density at radius 2 is 0.664 bits per heavy atom. The summed E-state index contributed by atoms with van der Waals surface area (Å²) in [5.74, 6) is -2.09. The van der Waals surface area contributed by atoms with Gasteiger partial charge in [0.1, 0.15) is 18.1 Å². The van der Waals surface area contributed by atoms with Crippen molar-refractivity contribution in [3.8, 4) is 0 Å². The molecule has 12 rings (SSSR count). The van der Waals surface area contributed by atoms with Crippen molar-refractivity contribution in [2.45, 2.75) is 156 Å². The second kappa shape index (κ2) is 52.6. The minimum absolute atomic E-state index is 0.00547. The topological polar surface area (TPSA) is 517 Å². The van der Waals surface area contributed by atoms with Gasteiger partial charge in [-0.25, -0.2) is 0 Å². The number of benzene rings is 9. The van der Waals surface area contributed by atoms with Gasteiger partial charge in [0, 0.05) is 139 Å². The average molecular weight is 1890 g/mol. The van der Waals surface area contributed by atoms with E-state index in [2.05, 4.69) is 81.0 Å². The highest BCUT2D eigenvalue weighted by Crippen LogP contribution is 2.27. The van der Waals surface area contributed by atoms with Crippen LogP contribution < -0.4 is 93.7 Å². The van der Waals surface area contributed by atoms with Crippen LogP contribution in [0.1, 0.15) is 91.2 Å². The van der Waals surface area contributed by atoms with Gasteiger partial charge in [0.05, 0.1) is 30.2 Å². The third kappa shape index (κ3) is 32.3. The number of carbonyl (C=O) groups excluding carboxylic acids is 9. The van der Waals surface area contributed by atoms with Crippen LogP contribution in [0, 0.1) is 0 Å². The summed E-state index contributed by atoms with van der Waals surface area (Å²) in [5.41, 5.74) is 50.9. The van der Waals surface area contributed by atoms with E-state index in [-0.39, 0.29) is 102 Å². The van der Waals surface area contributed by atoms with Gasteiger partial charge in [-0.2, -0.15) is 0 Å². The fourth-order valence-electron chi connectivity index (χ4n) is 16.6. The highest BCUT2D eigenvalue weighted by molar-refractivity contribution is 6.31. The number of amides is 9. The van der Waals surface area contributed by atoms with Gasteiger partial charge in [-0.3, -0.25) is 58.1 Å². The number of likely N-dealkylation sites (N-methyl/N-ethyl adjacent to an activating group) is 3. The molecule has 3 heterocycles. The molecule has 0 spiro atoms. The van der Waals surface area contributed by atoms with Crippen LogP contribution in [0.5, 0.6) is 0 Å². The Kier molecular flexibility index (Phi) is 40.6. The molecule has 712 valence electrons. The van der Waals surface area contributed by atoms with Gasteiger partial charge in [-0.05, 0) is 179 Å². The maximum atomic E-state index is 14.0. The molecule has 9 aromatic rings. The standard InChI is InChI=1S/2C33H43ClN8O3.C33H40ClN7O3/c2*1-38-31(44)29(19-22-8-11-23-5-2-3-6-24(23)17-22)42-16-14-26(41-28(32(42)45)7-4-15-39-33(36)37)20-40-30(43)27(35)18-21-9-12-25(34)13-10-21;1-37-31(43)29(20-23-8-12-24-5-2-3-6-25(24)19-23)41-18-16-27(40-28(32(41)44)7-4-17-38-33(35)36)21-39-30(42)15-11-22-9-13-26(34)14-10-22/h2*2-3,5-6,8-13,17,26-29,41H,4,7,14-16,18-20,35H2,1H3,(H,38,44)(H,40,43)(H4,36,37,39);2-3,5-6,8-15,19,27-29,40H,4,7,16-18,20-21H2,1H3,(H,37,43)(H,39,42)(H4,35,36,38)/b;;15-11+/t26-,27+,28+,29+;26-,27-,28+,29+;27-,28+,29+/m111/s1. The number of guanidine groups is 3. The predicted octanol–water partition coefficient (Wildman–Crippen LogP) is 5.49. The van der Waals surface area contributed by atoms with Crippen molar-refractivity contribution in [2.24, 2.45) is 60.8 Å². The number of halogens is 3. The smallest absolute Gasteiger partial charge is 0.244 e. The van der Waals surface area contributed by atoms with Crippen LogP contribution in [0.25, 0.3) is 38.4 Å². The predicted molar refractivity (Wildman–Crippen MR) is 533 cm³/mol. The minimum atomic E-state index is -0.745. The summed E-state index contributed by atoms with van der Waals surface area (Å²) >= 11 is 17.9. The zero-order valence-corrected chi connectivity index (χ0v) is 78.2. The van der Waals surface area contributed by atoms with E-state index < -0.39 is 48.3 Å². The molecule has 0 unspecified atom stereocenters. The SMILES string of the molecule is CNC(=O)[C@H](Cc1ccc2ccccc2c1)N1CC[C@H](CNC(=O)/C=C/c2ccc(Cl)cc2)N[C@@H](CCCN=C(N)N)C1=O.CNC(=O)[C@H](Cc1ccc2ccccc2c1)N1CC[C@H](CNC(=O)[C@@H](N)Cc2ccc(Cl)cc2)N[C@@H](CCCN=C(N)N)C1=O.CNC(=O)[C@H](Cc1ccc2ccccc2c1)N1CC[C@H](CNC(=O)[C@H](N)Cc2ccc(Cl)cc2)N[C@@H](CCCN=C(N)N)C1=O.